The van der Waals surface area contributed by atoms with Crippen molar-refractivity contribution in [1.82, 2.24) is 20.4 Å². The summed E-state index contributed by atoms with van der Waals surface area (Å²) < 4.78 is 7.29. The van der Waals surface area contributed by atoms with Gasteiger partial charge in [-0.05, 0) is 5.56 Å². The Morgan fingerprint density at radius 2 is 2.23 bits per heavy atom. The van der Waals surface area contributed by atoms with Crippen LogP contribution in [0, 0.1) is 0 Å². The summed E-state index contributed by atoms with van der Waals surface area (Å²) >= 11 is 0. The van der Waals surface area contributed by atoms with Crippen molar-refractivity contribution in [3.8, 4) is 0 Å². The number of morpholine rings is 1. The number of carbonyl (C=O) groups is 1. The quantitative estimate of drug-likeness (QED) is 0.845. The lowest BCUT2D eigenvalue weighted by Gasteiger charge is -2.22. The van der Waals surface area contributed by atoms with Crippen LogP contribution < -0.4 is 10.6 Å². The molecular weight excluding hydrogens is 280 g/mol. The molecule has 1 aliphatic heterocycles. The first-order valence-electron chi connectivity index (χ1n) is 7.46. The SMILES string of the molecule is O=C(NCc1cnn(Cc2ccccc2)c1)C1CNCCO1. The molecule has 1 aromatic heterocycles. The molecule has 22 heavy (non-hydrogen) atoms. The Bertz CT molecular complexity index is 606. The normalized spacial score (nSPS) is 18.1. The van der Waals surface area contributed by atoms with Crippen molar-refractivity contribution in [3.05, 3.63) is 53.9 Å². The van der Waals surface area contributed by atoms with Gasteiger partial charge < -0.3 is 15.4 Å². The maximum Gasteiger partial charge on any atom is 0.250 e. The molecule has 1 saturated heterocycles. The van der Waals surface area contributed by atoms with E-state index in [1.54, 1.807) is 6.20 Å². The molecule has 1 fully saturated rings. The Labute approximate surface area is 129 Å². The first-order chi connectivity index (χ1) is 10.8. The first kappa shape index (κ1) is 14.7. The van der Waals surface area contributed by atoms with Crippen LogP contribution in [0.4, 0.5) is 0 Å². The number of ether oxygens (including phenoxy) is 1. The van der Waals surface area contributed by atoms with Crippen LogP contribution in [-0.4, -0.2) is 41.5 Å². The molecule has 0 bridgehead atoms. The highest BCUT2D eigenvalue weighted by atomic mass is 16.5. The van der Waals surface area contributed by atoms with Gasteiger partial charge in [-0.1, -0.05) is 30.3 Å². The maximum atomic E-state index is 12.0. The summed E-state index contributed by atoms with van der Waals surface area (Å²) in [6, 6.07) is 10.2. The second-order valence-corrected chi connectivity index (χ2v) is 5.31. The van der Waals surface area contributed by atoms with Crippen molar-refractivity contribution in [3.63, 3.8) is 0 Å². The lowest BCUT2D eigenvalue weighted by molar-refractivity contribution is -0.134. The third kappa shape index (κ3) is 3.93. The van der Waals surface area contributed by atoms with E-state index in [-0.39, 0.29) is 5.91 Å². The third-order valence-electron chi connectivity index (χ3n) is 3.56. The standard InChI is InChI=1S/C16H20N4O2/c21-16(15-10-17-6-7-22-15)18-8-14-9-19-20(12-14)11-13-4-2-1-3-5-13/h1-5,9,12,15,17H,6-8,10-11H2,(H,18,21). The molecule has 1 amide bonds. The summed E-state index contributed by atoms with van der Waals surface area (Å²) in [5.74, 6) is -0.0805. The van der Waals surface area contributed by atoms with E-state index in [9.17, 15) is 4.79 Å². The van der Waals surface area contributed by atoms with Gasteiger partial charge in [-0.15, -0.1) is 0 Å². The highest BCUT2D eigenvalue weighted by Gasteiger charge is 2.21. The molecule has 6 heteroatoms. The van der Waals surface area contributed by atoms with E-state index in [1.165, 1.54) is 5.56 Å². The summed E-state index contributed by atoms with van der Waals surface area (Å²) in [5.41, 5.74) is 2.18. The molecule has 2 heterocycles. The van der Waals surface area contributed by atoms with Crippen molar-refractivity contribution in [1.29, 1.82) is 0 Å². The molecule has 2 N–H and O–H groups in total. The minimum atomic E-state index is -0.395. The van der Waals surface area contributed by atoms with E-state index in [0.717, 1.165) is 18.7 Å². The highest BCUT2D eigenvalue weighted by Crippen LogP contribution is 2.04. The molecule has 3 rings (SSSR count). The first-order valence-corrected chi connectivity index (χ1v) is 7.46. The predicted octanol–water partition coefficient (Wildman–Crippen LogP) is 0.536. The highest BCUT2D eigenvalue weighted by molar-refractivity contribution is 5.81. The van der Waals surface area contributed by atoms with Crippen LogP contribution in [0.1, 0.15) is 11.1 Å². The zero-order valence-corrected chi connectivity index (χ0v) is 12.4. The number of benzene rings is 1. The van der Waals surface area contributed by atoms with Crippen molar-refractivity contribution < 1.29 is 9.53 Å². The average Bonchev–Trinajstić information content (AvgIpc) is 3.02. The second kappa shape index (κ2) is 7.20. The van der Waals surface area contributed by atoms with Crippen molar-refractivity contribution in [2.24, 2.45) is 0 Å². The van der Waals surface area contributed by atoms with Crippen molar-refractivity contribution in [2.45, 2.75) is 19.2 Å². The zero-order chi connectivity index (χ0) is 15.2. The van der Waals surface area contributed by atoms with Gasteiger partial charge in [-0.2, -0.15) is 5.10 Å². The smallest absolute Gasteiger partial charge is 0.250 e. The van der Waals surface area contributed by atoms with Gasteiger partial charge in [0.25, 0.3) is 5.91 Å². The van der Waals surface area contributed by atoms with Crippen LogP contribution in [0.25, 0.3) is 0 Å². The molecule has 0 spiro atoms. The summed E-state index contributed by atoms with van der Waals surface area (Å²) in [7, 11) is 0. The average molecular weight is 300 g/mol. The molecule has 1 atom stereocenters. The summed E-state index contributed by atoms with van der Waals surface area (Å²) in [6.45, 7) is 3.14. The minimum absolute atomic E-state index is 0.0805. The fraction of sp³-hybridized carbons (Fsp3) is 0.375. The summed E-state index contributed by atoms with van der Waals surface area (Å²) in [5, 5.41) is 10.4. The molecule has 1 aromatic carbocycles. The van der Waals surface area contributed by atoms with Crippen molar-refractivity contribution in [2.75, 3.05) is 19.7 Å². The van der Waals surface area contributed by atoms with Crippen LogP contribution >= 0.6 is 0 Å². The molecule has 0 radical (unpaired) electrons. The number of hydrogen-bond acceptors (Lipinski definition) is 4. The fourth-order valence-corrected chi connectivity index (χ4v) is 2.39. The van der Waals surface area contributed by atoms with Crippen LogP contribution in [0.5, 0.6) is 0 Å². The molecule has 6 nitrogen and oxygen atoms in total. The van der Waals surface area contributed by atoms with Crippen molar-refractivity contribution >= 4 is 5.91 Å². The lowest BCUT2D eigenvalue weighted by atomic mass is 10.2. The largest absolute Gasteiger partial charge is 0.366 e. The Morgan fingerprint density at radius 1 is 1.36 bits per heavy atom. The second-order valence-electron chi connectivity index (χ2n) is 5.31. The van der Waals surface area contributed by atoms with Crippen LogP contribution in [0.15, 0.2) is 42.7 Å². The van der Waals surface area contributed by atoms with E-state index in [2.05, 4.69) is 27.9 Å². The molecule has 0 aliphatic carbocycles. The number of nitrogens with one attached hydrogen (secondary N) is 2. The number of nitrogens with zero attached hydrogens (tertiary/aromatic N) is 2. The Kier molecular flexibility index (Phi) is 4.82. The molecule has 1 aliphatic rings. The molecule has 1 unspecified atom stereocenters. The van der Waals surface area contributed by atoms with E-state index < -0.39 is 6.10 Å². The lowest BCUT2D eigenvalue weighted by Crippen LogP contribution is -2.47. The van der Waals surface area contributed by atoms with Gasteiger partial charge in [-0.25, -0.2) is 0 Å². The Balaban J connectivity index is 1.50. The van der Waals surface area contributed by atoms with E-state index in [1.807, 2.05) is 29.1 Å². The van der Waals surface area contributed by atoms with Crippen LogP contribution in [-0.2, 0) is 22.6 Å². The molecule has 2 aromatic rings. The Hall–Kier alpha value is -2.18. The Morgan fingerprint density at radius 3 is 3.00 bits per heavy atom. The molecule has 116 valence electrons. The van der Waals surface area contributed by atoms with Gasteiger partial charge in [0.05, 0.1) is 19.3 Å². The van der Waals surface area contributed by atoms with E-state index in [4.69, 9.17) is 4.74 Å². The van der Waals surface area contributed by atoms with Gasteiger partial charge in [0.1, 0.15) is 6.10 Å². The third-order valence-corrected chi connectivity index (χ3v) is 3.56. The molecule has 0 saturated carbocycles. The number of aromatic nitrogens is 2. The number of rotatable bonds is 5. The topological polar surface area (TPSA) is 68.2 Å². The van der Waals surface area contributed by atoms with Gasteiger partial charge in [0.2, 0.25) is 0 Å². The van der Waals surface area contributed by atoms with Crippen LogP contribution in [0.3, 0.4) is 0 Å². The summed E-state index contributed by atoms with van der Waals surface area (Å²) in [6.07, 6.45) is 3.34. The predicted molar refractivity (Wildman–Crippen MR) is 82.2 cm³/mol. The monoisotopic (exact) mass is 300 g/mol. The van der Waals surface area contributed by atoms with Crippen LogP contribution in [0.2, 0.25) is 0 Å². The number of carbonyl (C=O) groups excluding carboxylic acids is 1. The number of hydrogen-bond donors (Lipinski definition) is 2. The zero-order valence-electron chi connectivity index (χ0n) is 12.4. The summed E-state index contributed by atoms with van der Waals surface area (Å²) in [4.78, 5) is 12.0. The number of amides is 1. The van der Waals surface area contributed by atoms with Gasteiger partial charge in [0, 0.05) is 31.4 Å². The molecular formula is C16H20N4O2. The maximum absolute atomic E-state index is 12.0. The van der Waals surface area contributed by atoms with Gasteiger partial charge in [0.15, 0.2) is 0 Å². The van der Waals surface area contributed by atoms with Gasteiger partial charge in [-0.3, -0.25) is 9.48 Å². The van der Waals surface area contributed by atoms with E-state index in [0.29, 0.717) is 19.7 Å². The fourth-order valence-electron chi connectivity index (χ4n) is 2.39. The minimum Gasteiger partial charge on any atom is -0.366 e. The van der Waals surface area contributed by atoms with Gasteiger partial charge >= 0.3 is 0 Å². The van der Waals surface area contributed by atoms with E-state index >= 15 is 0 Å².